The van der Waals surface area contributed by atoms with E-state index >= 15 is 0 Å². The first-order valence-corrected chi connectivity index (χ1v) is 17.3. The van der Waals surface area contributed by atoms with Gasteiger partial charge in [-0.2, -0.15) is 0 Å². The third kappa shape index (κ3) is 4.25. The Bertz CT molecular complexity index is 2920. The highest BCUT2D eigenvalue weighted by atomic mass is 16.3. The lowest BCUT2D eigenvalue weighted by molar-refractivity contribution is 0.658. The van der Waals surface area contributed by atoms with Gasteiger partial charge in [0.15, 0.2) is 0 Å². The fourth-order valence-electron chi connectivity index (χ4n) is 8.00. The molecule has 0 unspecified atom stereocenters. The van der Waals surface area contributed by atoms with E-state index in [-0.39, 0.29) is 0 Å². The Hall–Kier alpha value is -6.84. The van der Waals surface area contributed by atoms with Crippen LogP contribution in [0.5, 0.6) is 0 Å². The van der Waals surface area contributed by atoms with Crippen LogP contribution in [0.2, 0.25) is 0 Å². The van der Waals surface area contributed by atoms with Gasteiger partial charge in [-0.1, -0.05) is 121 Å². The molecule has 0 aliphatic rings. The zero-order valence-corrected chi connectivity index (χ0v) is 27.5. The van der Waals surface area contributed by atoms with Crippen molar-refractivity contribution >= 4 is 65.7 Å². The average Bonchev–Trinajstić information content (AvgIpc) is 3.86. The van der Waals surface area contributed by atoms with E-state index in [1.165, 1.54) is 32.9 Å². The van der Waals surface area contributed by atoms with Crippen LogP contribution in [-0.2, 0) is 0 Å². The molecule has 0 N–H and O–H groups in total. The molecule has 0 radical (unpaired) electrons. The lowest BCUT2D eigenvalue weighted by Gasteiger charge is -2.10. The van der Waals surface area contributed by atoms with Crippen LogP contribution < -0.4 is 0 Å². The second-order valence-corrected chi connectivity index (χ2v) is 13.3. The van der Waals surface area contributed by atoms with Crippen molar-refractivity contribution in [3.63, 3.8) is 0 Å². The summed E-state index contributed by atoms with van der Waals surface area (Å²) in [5.74, 6) is 0. The molecule has 0 saturated carbocycles. The van der Waals surface area contributed by atoms with Gasteiger partial charge < -0.3 is 13.4 Å². The summed E-state index contributed by atoms with van der Waals surface area (Å²) in [4.78, 5) is 0. The predicted molar refractivity (Wildman–Crippen MR) is 212 cm³/mol. The van der Waals surface area contributed by atoms with Crippen LogP contribution in [0.1, 0.15) is 0 Å². The Morgan fingerprint density at radius 2 is 0.765 bits per heavy atom. The summed E-state index contributed by atoms with van der Waals surface area (Å²) in [5, 5.41) is 6.82. The van der Waals surface area contributed by atoms with E-state index < -0.39 is 0 Å². The van der Waals surface area contributed by atoms with Gasteiger partial charge in [0.05, 0.1) is 16.6 Å². The van der Waals surface area contributed by atoms with E-state index in [1.54, 1.807) is 0 Å². The summed E-state index contributed by atoms with van der Waals surface area (Å²) in [6.45, 7) is 0. The molecule has 11 aromatic rings. The number of furan rings is 2. The number of benzene rings is 8. The SMILES string of the molecule is c1ccc(-c2ccc3oc4c(-c5ccc(-n6c7ccccc7c7ccccc76)cc5)c5oc6ccc(-c7ccccc7)cc6c5cc4c3c2)cc1. The first-order valence-electron chi connectivity index (χ1n) is 17.3. The Labute approximate surface area is 293 Å². The van der Waals surface area contributed by atoms with Gasteiger partial charge in [-0.15, -0.1) is 0 Å². The van der Waals surface area contributed by atoms with Crippen molar-refractivity contribution in [2.45, 2.75) is 0 Å². The van der Waals surface area contributed by atoms with E-state index in [0.717, 1.165) is 71.8 Å². The molecule has 51 heavy (non-hydrogen) atoms. The number of para-hydroxylation sites is 2. The predicted octanol–water partition coefficient (Wildman–Crippen LogP) is 13.6. The molecule has 0 aliphatic carbocycles. The summed E-state index contributed by atoms with van der Waals surface area (Å²) in [7, 11) is 0. The topological polar surface area (TPSA) is 31.2 Å². The van der Waals surface area contributed by atoms with Gasteiger partial charge in [-0.25, -0.2) is 0 Å². The Morgan fingerprint density at radius 1 is 0.314 bits per heavy atom. The van der Waals surface area contributed by atoms with Crippen molar-refractivity contribution < 1.29 is 8.83 Å². The minimum absolute atomic E-state index is 0.828. The largest absolute Gasteiger partial charge is 0.455 e. The second kappa shape index (κ2) is 10.8. The molecule has 0 amide bonds. The number of hydrogen-bond acceptors (Lipinski definition) is 2. The van der Waals surface area contributed by atoms with Gasteiger partial charge in [0, 0.05) is 38.0 Å². The zero-order valence-electron chi connectivity index (χ0n) is 27.5. The maximum atomic E-state index is 6.78. The van der Waals surface area contributed by atoms with Gasteiger partial charge in [0.2, 0.25) is 0 Å². The van der Waals surface area contributed by atoms with Crippen LogP contribution in [0, 0.1) is 0 Å². The van der Waals surface area contributed by atoms with E-state index in [0.29, 0.717) is 0 Å². The Kier molecular flexibility index (Phi) is 5.96. The van der Waals surface area contributed by atoms with E-state index in [2.05, 4.69) is 180 Å². The van der Waals surface area contributed by atoms with Gasteiger partial charge >= 0.3 is 0 Å². The second-order valence-electron chi connectivity index (χ2n) is 13.3. The number of fused-ring (bicyclic) bond motifs is 9. The van der Waals surface area contributed by atoms with Crippen molar-refractivity contribution in [1.29, 1.82) is 0 Å². The van der Waals surface area contributed by atoms with Crippen molar-refractivity contribution in [3.8, 4) is 39.1 Å². The highest BCUT2D eigenvalue weighted by Gasteiger charge is 2.22. The molecule has 0 saturated heterocycles. The zero-order chi connectivity index (χ0) is 33.5. The third-order valence-corrected chi connectivity index (χ3v) is 10.4. The summed E-state index contributed by atoms with van der Waals surface area (Å²) in [6, 6.07) is 62.4. The smallest absolute Gasteiger partial charge is 0.147 e. The van der Waals surface area contributed by atoms with Gasteiger partial charge in [-0.05, 0) is 82.4 Å². The molecule has 11 rings (SSSR count). The van der Waals surface area contributed by atoms with Gasteiger partial charge in [0.25, 0.3) is 0 Å². The number of nitrogens with zero attached hydrogens (tertiary/aromatic N) is 1. The quantitative estimate of drug-likeness (QED) is 0.190. The Morgan fingerprint density at radius 3 is 1.27 bits per heavy atom. The standard InChI is InChI=1S/C48H29NO2/c1-3-11-30(12-4-1)33-21-25-44-38(27-33)40-29-41-39-28-34(31-13-5-2-6-14-31)22-26-45(39)51-48(41)46(47(40)50-44)32-19-23-35(24-20-32)49-42-17-9-7-15-36(42)37-16-8-10-18-43(37)49/h1-29H. The van der Waals surface area contributed by atoms with Crippen LogP contribution in [0.3, 0.4) is 0 Å². The summed E-state index contributed by atoms with van der Waals surface area (Å²) in [6.07, 6.45) is 0. The summed E-state index contributed by atoms with van der Waals surface area (Å²) >= 11 is 0. The molecule has 0 atom stereocenters. The maximum absolute atomic E-state index is 6.78. The molecule has 238 valence electrons. The maximum Gasteiger partial charge on any atom is 0.147 e. The van der Waals surface area contributed by atoms with Crippen LogP contribution in [0.4, 0.5) is 0 Å². The van der Waals surface area contributed by atoms with Crippen molar-refractivity contribution in [3.05, 3.63) is 176 Å². The molecule has 0 aliphatic heterocycles. The molecular formula is C48H29NO2. The van der Waals surface area contributed by atoms with Crippen molar-refractivity contribution in [2.24, 2.45) is 0 Å². The lowest BCUT2D eigenvalue weighted by Crippen LogP contribution is -1.93. The van der Waals surface area contributed by atoms with E-state index in [1.807, 2.05) is 0 Å². The van der Waals surface area contributed by atoms with Crippen molar-refractivity contribution in [2.75, 3.05) is 0 Å². The fraction of sp³-hybridized carbons (Fsp3) is 0. The Balaban J connectivity index is 1.17. The normalized spacial score (nSPS) is 11.9. The van der Waals surface area contributed by atoms with E-state index in [9.17, 15) is 0 Å². The summed E-state index contributed by atoms with van der Waals surface area (Å²) < 4.78 is 15.9. The molecule has 0 bridgehead atoms. The highest BCUT2D eigenvalue weighted by Crippen LogP contribution is 2.46. The van der Waals surface area contributed by atoms with Crippen LogP contribution in [0.15, 0.2) is 185 Å². The fourth-order valence-corrected chi connectivity index (χ4v) is 8.00. The molecule has 3 heterocycles. The number of aromatic nitrogens is 1. The van der Waals surface area contributed by atoms with Gasteiger partial charge in [-0.3, -0.25) is 0 Å². The monoisotopic (exact) mass is 651 g/mol. The average molecular weight is 652 g/mol. The van der Waals surface area contributed by atoms with Crippen LogP contribution in [-0.4, -0.2) is 4.57 Å². The molecule has 3 nitrogen and oxygen atoms in total. The lowest BCUT2D eigenvalue weighted by atomic mass is 9.96. The highest BCUT2D eigenvalue weighted by molar-refractivity contribution is 6.22. The van der Waals surface area contributed by atoms with Gasteiger partial charge in [0.1, 0.15) is 22.3 Å². The molecule has 3 heteroatoms. The van der Waals surface area contributed by atoms with Crippen LogP contribution >= 0.6 is 0 Å². The minimum Gasteiger partial charge on any atom is -0.455 e. The summed E-state index contributed by atoms with van der Waals surface area (Å²) in [5.41, 5.74) is 13.5. The number of hydrogen-bond donors (Lipinski definition) is 0. The first kappa shape index (κ1) is 28.0. The minimum atomic E-state index is 0.828. The number of rotatable bonds is 4. The van der Waals surface area contributed by atoms with Crippen LogP contribution in [0.25, 0.3) is 105 Å². The molecule has 8 aromatic carbocycles. The molecule has 3 aromatic heterocycles. The third-order valence-electron chi connectivity index (χ3n) is 10.4. The van der Waals surface area contributed by atoms with Crippen molar-refractivity contribution in [1.82, 2.24) is 4.57 Å². The van der Waals surface area contributed by atoms with E-state index in [4.69, 9.17) is 8.83 Å². The molecule has 0 fully saturated rings. The molecule has 0 spiro atoms. The molecular weight excluding hydrogens is 623 g/mol. The first-order chi connectivity index (χ1) is 25.3.